The van der Waals surface area contributed by atoms with E-state index in [1.807, 2.05) is 67.9 Å². The van der Waals surface area contributed by atoms with Crippen LogP contribution in [-0.2, 0) is 4.79 Å². The number of carbonyl (C=O) groups excluding carboxylic acids is 1. The number of anilines is 1. The van der Waals surface area contributed by atoms with Crippen molar-refractivity contribution in [2.75, 3.05) is 24.8 Å². The van der Waals surface area contributed by atoms with Gasteiger partial charge in [0, 0.05) is 5.56 Å². The van der Waals surface area contributed by atoms with Crippen LogP contribution in [0.25, 0.3) is 5.69 Å². The van der Waals surface area contributed by atoms with Crippen molar-refractivity contribution >= 4 is 23.5 Å². The monoisotopic (exact) mass is 423 g/mol. The first-order chi connectivity index (χ1) is 14.5. The zero-order valence-corrected chi connectivity index (χ0v) is 18.4. The minimum Gasteiger partial charge on any atom is -0.493 e. The van der Waals surface area contributed by atoms with Gasteiger partial charge >= 0.3 is 0 Å². The van der Waals surface area contributed by atoms with E-state index < -0.39 is 0 Å². The summed E-state index contributed by atoms with van der Waals surface area (Å²) in [5.74, 6) is 2.45. The average Bonchev–Trinajstić information content (AvgIpc) is 2.94. The normalized spacial score (nSPS) is 15.9. The highest BCUT2D eigenvalue weighted by Crippen LogP contribution is 2.45. The van der Waals surface area contributed by atoms with E-state index in [0.717, 1.165) is 28.3 Å². The number of fused-ring (bicyclic) bond motifs is 1. The van der Waals surface area contributed by atoms with Crippen LogP contribution in [0, 0.1) is 13.8 Å². The Labute approximate surface area is 180 Å². The van der Waals surface area contributed by atoms with E-state index >= 15 is 0 Å². The van der Waals surface area contributed by atoms with Gasteiger partial charge < -0.3 is 14.8 Å². The molecule has 156 valence electrons. The van der Waals surface area contributed by atoms with Crippen molar-refractivity contribution in [3.8, 4) is 17.2 Å². The molecule has 2 aromatic carbocycles. The van der Waals surface area contributed by atoms with Crippen LogP contribution in [0.4, 0.5) is 5.82 Å². The van der Waals surface area contributed by atoms with Gasteiger partial charge in [0.05, 0.1) is 36.1 Å². The quantitative estimate of drug-likeness (QED) is 0.646. The van der Waals surface area contributed by atoms with Crippen LogP contribution in [0.1, 0.15) is 34.6 Å². The number of amides is 1. The first-order valence-corrected chi connectivity index (χ1v) is 11.0. The number of methoxy groups -OCH3 is 1. The summed E-state index contributed by atoms with van der Waals surface area (Å²) in [7, 11) is 1.64. The third-order valence-corrected chi connectivity index (χ3v) is 6.35. The molecule has 0 bridgehead atoms. The molecule has 0 fully saturated rings. The number of ether oxygens (including phenoxy) is 2. The summed E-state index contributed by atoms with van der Waals surface area (Å²) in [5, 5.41) is 7.78. The Kier molecular flexibility index (Phi) is 5.72. The number of rotatable bonds is 5. The number of nitrogens with one attached hydrogen (secondary N) is 1. The third-order valence-electron chi connectivity index (χ3n) is 5.08. The maximum absolute atomic E-state index is 12.5. The summed E-state index contributed by atoms with van der Waals surface area (Å²) in [6, 6.07) is 14.1. The second-order valence-electron chi connectivity index (χ2n) is 7.18. The summed E-state index contributed by atoms with van der Waals surface area (Å²) in [6.07, 6.45) is 0. The Balaban J connectivity index is 1.83. The highest BCUT2D eigenvalue weighted by molar-refractivity contribution is 8.00. The average molecular weight is 424 g/mol. The molecule has 1 amide bonds. The number of benzene rings is 2. The molecular formula is C23H25N3O3S. The van der Waals surface area contributed by atoms with E-state index in [1.165, 1.54) is 5.56 Å². The molecule has 0 spiro atoms. The molecular weight excluding hydrogens is 398 g/mol. The van der Waals surface area contributed by atoms with Gasteiger partial charge in [-0.3, -0.25) is 4.79 Å². The van der Waals surface area contributed by atoms with Crippen molar-refractivity contribution in [1.29, 1.82) is 0 Å². The number of aromatic nitrogens is 2. The second-order valence-corrected chi connectivity index (χ2v) is 8.27. The number of nitrogens with zero attached hydrogens (tertiary/aromatic N) is 2. The number of hydrogen-bond acceptors (Lipinski definition) is 5. The highest BCUT2D eigenvalue weighted by Gasteiger charge is 2.31. The molecule has 1 aliphatic rings. The molecule has 0 saturated heterocycles. The smallest absolute Gasteiger partial charge is 0.235 e. The molecule has 0 radical (unpaired) electrons. The van der Waals surface area contributed by atoms with E-state index in [4.69, 9.17) is 14.6 Å². The van der Waals surface area contributed by atoms with Crippen molar-refractivity contribution in [3.63, 3.8) is 0 Å². The summed E-state index contributed by atoms with van der Waals surface area (Å²) in [5.41, 5.74) is 5.04. The Morgan fingerprint density at radius 1 is 1.17 bits per heavy atom. The zero-order chi connectivity index (χ0) is 21.3. The van der Waals surface area contributed by atoms with Crippen LogP contribution in [0.3, 0.4) is 0 Å². The number of hydrogen-bond donors (Lipinski definition) is 1. The zero-order valence-electron chi connectivity index (χ0n) is 17.6. The highest BCUT2D eigenvalue weighted by atomic mass is 32.2. The van der Waals surface area contributed by atoms with Crippen molar-refractivity contribution < 1.29 is 14.3 Å². The minimum atomic E-state index is -0.0530. The van der Waals surface area contributed by atoms with Crippen LogP contribution in [-0.4, -0.2) is 35.2 Å². The van der Waals surface area contributed by atoms with E-state index in [-0.39, 0.29) is 11.2 Å². The van der Waals surface area contributed by atoms with Crippen LogP contribution in [0.5, 0.6) is 11.5 Å². The fourth-order valence-corrected chi connectivity index (χ4v) is 4.82. The summed E-state index contributed by atoms with van der Waals surface area (Å²) >= 11 is 1.59. The molecule has 0 aliphatic carbocycles. The van der Waals surface area contributed by atoms with Gasteiger partial charge in [-0.1, -0.05) is 23.8 Å². The van der Waals surface area contributed by atoms with E-state index in [9.17, 15) is 4.79 Å². The fraction of sp³-hybridized carbons (Fsp3) is 0.304. The predicted octanol–water partition coefficient (Wildman–Crippen LogP) is 4.67. The van der Waals surface area contributed by atoms with Crippen LogP contribution in [0.2, 0.25) is 0 Å². The molecule has 0 saturated carbocycles. The van der Waals surface area contributed by atoms with Gasteiger partial charge in [-0.15, -0.1) is 11.8 Å². The number of carbonyl (C=O) groups is 1. The first-order valence-electron chi connectivity index (χ1n) is 9.90. The standard InChI is InChI=1S/C23H25N3O3S/c1-5-29-18-11-8-16(12-19(18)28-4)22-21-15(3)25-26(17-9-6-14(2)7-10-17)23(21)24-20(27)13-30-22/h6-12,22H,5,13H2,1-4H3,(H,24,27)/t22-/m0/s1. The van der Waals surface area contributed by atoms with Crippen LogP contribution in [0.15, 0.2) is 42.5 Å². The maximum atomic E-state index is 12.5. The van der Waals surface area contributed by atoms with Gasteiger partial charge in [-0.2, -0.15) is 5.10 Å². The van der Waals surface area contributed by atoms with Crippen LogP contribution >= 0.6 is 11.8 Å². The molecule has 3 aromatic rings. The van der Waals surface area contributed by atoms with Gasteiger partial charge in [0.2, 0.25) is 5.91 Å². The second kappa shape index (κ2) is 8.44. The van der Waals surface area contributed by atoms with Crippen molar-refractivity contribution in [1.82, 2.24) is 9.78 Å². The summed E-state index contributed by atoms with van der Waals surface area (Å²) < 4.78 is 13.0. The van der Waals surface area contributed by atoms with Crippen molar-refractivity contribution in [3.05, 3.63) is 64.8 Å². The lowest BCUT2D eigenvalue weighted by Crippen LogP contribution is -2.15. The minimum absolute atomic E-state index is 0.0325. The topological polar surface area (TPSA) is 65.4 Å². The third kappa shape index (κ3) is 3.77. The lowest BCUT2D eigenvalue weighted by Gasteiger charge is -2.18. The Hall–Kier alpha value is -2.93. The van der Waals surface area contributed by atoms with E-state index in [0.29, 0.717) is 23.9 Å². The summed E-state index contributed by atoms with van der Waals surface area (Å²) in [4.78, 5) is 12.5. The lowest BCUT2D eigenvalue weighted by molar-refractivity contribution is -0.113. The maximum Gasteiger partial charge on any atom is 0.235 e. The Morgan fingerprint density at radius 3 is 2.63 bits per heavy atom. The molecule has 1 atom stereocenters. The molecule has 1 aromatic heterocycles. The number of aryl methyl sites for hydroxylation is 2. The van der Waals surface area contributed by atoms with Gasteiger partial charge in [-0.05, 0) is 50.6 Å². The Morgan fingerprint density at radius 2 is 1.93 bits per heavy atom. The Bertz CT molecular complexity index is 1080. The molecule has 6 nitrogen and oxygen atoms in total. The van der Waals surface area contributed by atoms with E-state index in [1.54, 1.807) is 18.9 Å². The molecule has 1 aliphatic heterocycles. The van der Waals surface area contributed by atoms with Crippen molar-refractivity contribution in [2.24, 2.45) is 0 Å². The largest absolute Gasteiger partial charge is 0.493 e. The van der Waals surface area contributed by atoms with Gasteiger partial charge in [0.25, 0.3) is 0 Å². The van der Waals surface area contributed by atoms with E-state index in [2.05, 4.69) is 5.32 Å². The number of thioether (sulfide) groups is 1. The fourth-order valence-electron chi connectivity index (χ4n) is 3.64. The molecule has 2 heterocycles. The van der Waals surface area contributed by atoms with Crippen LogP contribution < -0.4 is 14.8 Å². The van der Waals surface area contributed by atoms with Crippen molar-refractivity contribution in [2.45, 2.75) is 26.0 Å². The molecule has 7 heteroatoms. The SMILES string of the molecule is CCOc1ccc([C@@H]2SCC(=O)Nc3c2c(C)nn3-c2ccc(C)cc2)cc1OC. The van der Waals surface area contributed by atoms with Gasteiger partial charge in [0.1, 0.15) is 5.82 Å². The van der Waals surface area contributed by atoms with Gasteiger partial charge in [-0.25, -0.2) is 4.68 Å². The summed E-state index contributed by atoms with van der Waals surface area (Å²) in [6.45, 7) is 6.55. The lowest BCUT2D eigenvalue weighted by atomic mass is 10.0. The molecule has 4 rings (SSSR count). The van der Waals surface area contributed by atoms with Gasteiger partial charge in [0.15, 0.2) is 11.5 Å². The molecule has 1 N–H and O–H groups in total. The molecule has 0 unspecified atom stereocenters. The molecule has 30 heavy (non-hydrogen) atoms. The predicted molar refractivity (Wildman–Crippen MR) is 120 cm³/mol. The first kappa shape index (κ1) is 20.3.